The van der Waals surface area contributed by atoms with E-state index in [0.717, 1.165) is 33.5 Å². The van der Waals surface area contributed by atoms with Crippen molar-refractivity contribution in [1.82, 2.24) is 10.3 Å². The van der Waals surface area contributed by atoms with E-state index in [1.165, 1.54) is 0 Å². The van der Waals surface area contributed by atoms with Crippen LogP contribution in [0.25, 0.3) is 0 Å². The minimum Gasteiger partial charge on any atom is -0.398 e. The van der Waals surface area contributed by atoms with Crippen LogP contribution in [0.1, 0.15) is 18.5 Å². The summed E-state index contributed by atoms with van der Waals surface area (Å²) in [5.41, 5.74) is 7.86. The fourth-order valence-corrected chi connectivity index (χ4v) is 3.25. The molecule has 1 aromatic heterocycles. The van der Waals surface area contributed by atoms with E-state index in [-0.39, 0.29) is 6.04 Å². The second kappa shape index (κ2) is 7.53. The van der Waals surface area contributed by atoms with Crippen molar-refractivity contribution in [2.75, 3.05) is 18.0 Å². The Morgan fingerprint density at radius 3 is 2.95 bits per heavy atom. The van der Waals surface area contributed by atoms with Crippen LogP contribution in [0.15, 0.2) is 47.6 Å². The number of nitrogens with zero attached hydrogens (tertiary/aromatic N) is 1. The van der Waals surface area contributed by atoms with Crippen LogP contribution in [-0.4, -0.2) is 17.3 Å². The van der Waals surface area contributed by atoms with E-state index in [9.17, 15) is 0 Å². The molecule has 0 radical (unpaired) electrons. The van der Waals surface area contributed by atoms with E-state index < -0.39 is 0 Å². The van der Waals surface area contributed by atoms with Crippen molar-refractivity contribution in [3.8, 4) is 0 Å². The number of nitrogen functional groups attached to an aromatic ring is 1. The maximum Gasteiger partial charge on any atom is 0.0451 e. The molecular formula is C15H18ClN3S. The van der Waals surface area contributed by atoms with Gasteiger partial charge in [0.2, 0.25) is 0 Å². The monoisotopic (exact) mass is 307 g/mol. The van der Waals surface area contributed by atoms with Gasteiger partial charge < -0.3 is 11.1 Å². The molecule has 0 aliphatic heterocycles. The van der Waals surface area contributed by atoms with Crippen LogP contribution in [0.3, 0.4) is 0 Å². The molecule has 0 saturated heterocycles. The highest BCUT2D eigenvalue weighted by molar-refractivity contribution is 7.99. The zero-order chi connectivity index (χ0) is 14.4. The topological polar surface area (TPSA) is 50.9 Å². The third kappa shape index (κ3) is 4.13. The zero-order valence-corrected chi connectivity index (χ0v) is 12.9. The third-order valence-electron chi connectivity index (χ3n) is 2.93. The molecule has 1 atom stereocenters. The van der Waals surface area contributed by atoms with E-state index in [1.807, 2.05) is 30.5 Å². The van der Waals surface area contributed by atoms with Gasteiger partial charge in [0, 0.05) is 45.4 Å². The highest BCUT2D eigenvalue weighted by Crippen LogP contribution is 2.28. The molecule has 0 aliphatic carbocycles. The maximum absolute atomic E-state index is 6.03. The first-order valence-corrected chi connectivity index (χ1v) is 7.88. The molecule has 0 saturated carbocycles. The predicted octanol–water partition coefficient (Wildman–Crippen LogP) is 3.76. The maximum atomic E-state index is 6.03. The first-order chi connectivity index (χ1) is 9.70. The average Bonchev–Trinajstić information content (AvgIpc) is 2.44. The lowest BCUT2D eigenvalue weighted by atomic mass is 10.1. The number of anilines is 1. The molecule has 2 rings (SSSR count). The lowest BCUT2D eigenvalue weighted by Gasteiger charge is -2.19. The molecule has 1 heterocycles. The number of rotatable bonds is 6. The minimum atomic E-state index is 0.178. The standard InChI is InChI=1S/C15H18ClN3S/c1-2-19-15(13-9-18-7-6-14(13)17)10-20-12-5-3-4-11(16)8-12/h3-9,15,19H,2,10H2,1H3,(H2,17,18). The van der Waals surface area contributed by atoms with E-state index >= 15 is 0 Å². The Balaban J connectivity index is 2.08. The van der Waals surface area contributed by atoms with Crippen molar-refractivity contribution in [2.24, 2.45) is 0 Å². The van der Waals surface area contributed by atoms with Gasteiger partial charge in [-0.1, -0.05) is 24.6 Å². The van der Waals surface area contributed by atoms with Crippen molar-refractivity contribution in [3.63, 3.8) is 0 Å². The number of nitrogens with one attached hydrogen (secondary N) is 1. The van der Waals surface area contributed by atoms with Crippen molar-refractivity contribution in [3.05, 3.63) is 53.3 Å². The summed E-state index contributed by atoms with van der Waals surface area (Å²) in [6.07, 6.45) is 3.55. The quantitative estimate of drug-likeness (QED) is 0.798. The number of pyridine rings is 1. The van der Waals surface area contributed by atoms with Crippen LogP contribution in [0.5, 0.6) is 0 Å². The van der Waals surface area contributed by atoms with Crippen LogP contribution in [0.2, 0.25) is 5.02 Å². The summed E-state index contributed by atoms with van der Waals surface area (Å²) < 4.78 is 0. The largest absolute Gasteiger partial charge is 0.398 e. The average molecular weight is 308 g/mol. The molecule has 1 unspecified atom stereocenters. The van der Waals surface area contributed by atoms with Gasteiger partial charge in [-0.25, -0.2) is 0 Å². The molecule has 0 aliphatic rings. The van der Waals surface area contributed by atoms with Crippen molar-refractivity contribution >= 4 is 29.1 Å². The smallest absolute Gasteiger partial charge is 0.0451 e. The zero-order valence-electron chi connectivity index (χ0n) is 11.3. The lowest BCUT2D eigenvalue weighted by molar-refractivity contribution is 0.605. The second-order valence-electron chi connectivity index (χ2n) is 4.38. The molecule has 2 aromatic rings. The Morgan fingerprint density at radius 1 is 1.40 bits per heavy atom. The number of nitrogens with two attached hydrogens (primary N) is 1. The Hall–Kier alpha value is -1.23. The second-order valence-corrected chi connectivity index (χ2v) is 5.91. The van der Waals surface area contributed by atoms with E-state index in [4.69, 9.17) is 17.3 Å². The highest BCUT2D eigenvalue weighted by Gasteiger charge is 2.14. The van der Waals surface area contributed by atoms with Crippen LogP contribution in [0, 0.1) is 0 Å². The summed E-state index contributed by atoms with van der Waals surface area (Å²) in [6.45, 7) is 2.97. The van der Waals surface area contributed by atoms with Gasteiger partial charge in [-0.15, -0.1) is 11.8 Å². The summed E-state index contributed by atoms with van der Waals surface area (Å²) in [4.78, 5) is 5.32. The molecule has 0 fully saturated rings. The number of benzene rings is 1. The molecule has 0 bridgehead atoms. The Morgan fingerprint density at radius 2 is 2.25 bits per heavy atom. The molecule has 20 heavy (non-hydrogen) atoms. The highest BCUT2D eigenvalue weighted by atomic mass is 35.5. The first kappa shape index (κ1) is 15.2. The van der Waals surface area contributed by atoms with Gasteiger partial charge in [-0.05, 0) is 30.8 Å². The van der Waals surface area contributed by atoms with Gasteiger partial charge in [0.15, 0.2) is 0 Å². The fraction of sp³-hybridized carbons (Fsp3) is 0.267. The van der Waals surface area contributed by atoms with Gasteiger partial charge in [0.05, 0.1) is 0 Å². The summed E-state index contributed by atoms with van der Waals surface area (Å²) in [5, 5.41) is 4.21. The number of hydrogen-bond acceptors (Lipinski definition) is 4. The molecule has 0 spiro atoms. The van der Waals surface area contributed by atoms with Crippen LogP contribution >= 0.6 is 23.4 Å². The van der Waals surface area contributed by atoms with E-state index in [2.05, 4.69) is 23.3 Å². The van der Waals surface area contributed by atoms with Crippen LogP contribution in [0.4, 0.5) is 5.69 Å². The SMILES string of the molecule is CCNC(CSc1cccc(Cl)c1)c1cnccc1N. The van der Waals surface area contributed by atoms with Gasteiger partial charge in [0.1, 0.15) is 0 Å². The molecule has 0 amide bonds. The van der Waals surface area contributed by atoms with Gasteiger partial charge in [-0.2, -0.15) is 0 Å². The number of thioether (sulfide) groups is 1. The molecule has 3 nitrogen and oxygen atoms in total. The first-order valence-electron chi connectivity index (χ1n) is 6.52. The van der Waals surface area contributed by atoms with Crippen molar-refractivity contribution in [2.45, 2.75) is 17.9 Å². The van der Waals surface area contributed by atoms with Gasteiger partial charge in [0.25, 0.3) is 0 Å². The number of hydrogen-bond donors (Lipinski definition) is 2. The molecule has 106 valence electrons. The van der Waals surface area contributed by atoms with Gasteiger partial charge >= 0.3 is 0 Å². The fourth-order valence-electron chi connectivity index (χ4n) is 1.95. The summed E-state index contributed by atoms with van der Waals surface area (Å²) in [5.74, 6) is 0.879. The predicted molar refractivity (Wildman–Crippen MR) is 87.2 cm³/mol. The summed E-state index contributed by atoms with van der Waals surface area (Å²) in [6, 6.07) is 9.90. The summed E-state index contributed by atoms with van der Waals surface area (Å²) >= 11 is 7.76. The Kier molecular flexibility index (Phi) is 5.71. The van der Waals surface area contributed by atoms with E-state index in [0.29, 0.717) is 0 Å². The van der Waals surface area contributed by atoms with Crippen molar-refractivity contribution < 1.29 is 0 Å². The Bertz CT molecular complexity index is 562. The molecule has 3 N–H and O–H groups in total. The lowest BCUT2D eigenvalue weighted by Crippen LogP contribution is -2.24. The molecule has 1 aromatic carbocycles. The minimum absolute atomic E-state index is 0.178. The van der Waals surface area contributed by atoms with Crippen molar-refractivity contribution in [1.29, 1.82) is 0 Å². The summed E-state index contributed by atoms with van der Waals surface area (Å²) in [7, 11) is 0. The number of aromatic nitrogens is 1. The number of halogens is 1. The van der Waals surface area contributed by atoms with Crippen LogP contribution < -0.4 is 11.1 Å². The van der Waals surface area contributed by atoms with E-state index in [1.54, 1.807) is 18.0 Å². The van der Waals surface area contributed by atoms with Gasteiger partial charge in [-0.3, -0.25) is 4.98 Å². The molecule has 5 heteroatoms. The molecular weight excluding hydrogens is 290 g/mol. The third-order valence-corrected chi connectivity index (χ3v) is 4.25. The normalized spacial score (nSPS) is 12.3. The Labute approximate surface area is 128 Å². The van der Waals surface area contributed by atoms with Crippen LogP contribution in [-0.2, 0) is 0 Å².